The largest absolute Gasteiger partial charge is 0.469 e. The lowest BCUT2D eigenvalue weighted by Crippen LogP contribution is -2.21. The van der Waals surface area contributed by atoms with Gasteiger partial charge in [-0.2, -0.15) is 0 Å². The standard InChI is InChI=1S/C14H19O7P/c1-20-14(16)12(10-22(17,18)19)7-8-13(15)21-9-11-5-3-2-4-6-11/h2-6,12H,7-10H2,1H3,(H2,17,18,19). The molecule has 0 fully saturated rings. The molecule has 1 aromatic rings. The Hall–Kier alpha value is -1.69. The van der Waals surface area contributed by atoms with Gasteiger partial charge in [-0.05, 0) is 12.0 Å². The number of esters is 2. The van der Waals surface area contributed by atoms with Gasteiger partial charge >= 0.3 is 19.5 Å². The molecule has 0 aliphatic heterocycles. The lowest BCUT2D eigenvalue weighted by Gasteiger charge is -2.14. The average molecular weight is 330 g/mol. The van der Waals surface area contributed by atoms with E-state index in [4.69, 9.17) is 14.5 Å². The first-order chi connectivity index (χ1) is 10.3. The Morgan fingerprint density at radius 1 is 1.23 bits per heavy atom. The minimum atomic E-state index is -4.36. The molecule has 0 saturated heterocycles. The zero-order valence-corrected chi connectivity index (χ0v) is 13.1. The van der Waals surface area contributed by atoms with E-state index in [9.17, 15) is 14.2 Å². The molecule has 0 saturated carbocycles. The molecule has 0 aromatic heterocycles. The average Bonchev–Trinajstić information content (AvgIpc) is 2.48. The molecule has 122 valence electrons. The number of hydrogen-bond acceptors (Lipinski definition) is 5. The molecule has 7 nitrogen and oxygen atoms in total. The molecule has 0 amide bonds. The first kappa shape index (κ1) is 18.4. The van der Waals surface area contributed by atoms with Crippen LogP contribution in [0.3, 0.4) is 0 Å². The van der Waals surface area contributed by atoms with Crippen molar-refractivity contribution >= 4 is 19.5 Å². The minimum absolute atomic E-state index is 0.0363. The highest BCUT2D eigenvalue weighted by atomic mass is 31.2. The van der Waals surface area contributed by atoms with Crippen molar-refractivity contribution < 1.29 is 33.4 Å². The molecule has 0 heterocycles. The van der Waals surface area contributed by atoms with Crippen LogP contribution in [-0.4, -0.2) is 35.0 Å². The van der Waals surface area contributed by atoms with Crippen molar-refractivity contribution in [3.05, 3.63) is 35.9 Å². The number of rotatable bonds is 8. The maximum atomic E-state index is 11.6. The number of carbonyl (C=O) groups excluding carboxylic acids is 2. The highest BCUT2D eigenvalue weighted by Crippen LogP contribution is 2.38. The van der Waals surface area contributed by atoms with Gasteiger partial charge in [0.2, 0.25) is 0 Å². The summed E-state index contributed by atoms with van der Waals surface area (Å²) in [7, 11) is -3.24. The predicted octanol–water partition coefficient (Wildman–Crippen LogP) is 1.48. The van der Waals surface area contributed by atoms with Gasteiger partial charge in [0, 0.05) is 6.42 Å². The summed E-state index contributed by atoms with van der Waals surface area (Å²) in [5.41, 5.74) is 0.829. The third-order valence-electron chi connectivity index (χ3n) is 2.93. The summed E-state index contributed by atoms with van der Waals surface area (Å²) in [6.45, 7) is 0.112. The van der Waals surface area contributed by atoms with Gasteiger partial charge in [-0.15, -0.1) is 0 Å². The lowest BCUT2D eigenvalue weighted by molar-refractivity contribution is -0.147. The smallest absolute Gasteiger partial charge is 0.326 e. The second-order valence-electron chi connectivity index (χ2n) is 4.75. The van der Waals surface area contributed by atoms with Gasteiger partial charge < -0.3 is 19.3 Å². The number of carbonyl (C=O) groups is 2. The van der Waals surface area contributed by atoms with E-state index in [1.54, 1.807) is 12.1 Å². The second-order valence-corrected chi connectivity index (χ2v) is 6.45. The quantitative estimate of drug-likeness (QED) is 0.548. The van der Waals surface area contributed by atoms with E-state index >= 15 is 0 Å². The highest BCUT2D eigenvalue weighted by Gasteiger charge is 2.28. The Morgan fingerprint density at radius 2 is 1.86 bits per heavy atom. The summed E-state index contributed by atoms with van der Waals surface area (Å²) in [6, 6.07) is 9.08. The van der Waals surface area contributed by atoms with Crippen molar-refractivity contribution in [1.82, 2.24) is 0 Å². The molecule has 0 bridgehead atoms. The second kappa shape index (κ2) is 8.68. The fourth-order valence-electron chi connectivity index (χ4n) is 1.84. The molecule has 1 aromatic carbocycles. The van der Waals surface area contributed by atoms with Crippen molar-refractivity contribution in [2.75, 3.05) is 13.3 Å². The molecule has 1 rings (SSSR count). The summed E-state index contributed by atoms with van der Waals surface area (Å²) in [6.07, 6.45) is -0.802. The van der Waals surface area contributed by atoms with E-state index < -0.39 is 31.6 Å². The summed E-state index contributed by atoms with van der Waals surface area (Å²) < 4.78 is 20.5. The zero-order chi connectivity index (χ0) is 16.6. The fourth-order valence-corrected chi connectivity index (χ4v) is 2.75. The van der Waals surface area contributed by atoms with E-state index in [1.807, 2.05) is 18.2 Å². The summed E-state index contributed by atoms with van der Waals surface area (Å²) in [5.74, 6) is -2.32. The number of ether oxygens (including phenoxy) is 2. The van der Waals surface area contributed by atoms with Crippen LogP contribution in [0.15, 0.2) is 30.3 Å². The Morgan fingerprint density at radius 3 is 2.41 bits per heavy atom. The molecule has 1 atom stereocenters. The SMILES string of the molecule is COC(=O)C(CCC(=O)OCc1ccccc1)CP(=O)(O)O. The third-order valence-corrected chi connectivity index (χ3v) is 3.85. The van der Waals surface area contributed by atoms with Crippen molar-refractivity contribution in [3.8, 4) is 0 Å². The molecule has 1 unspecified atom stereocenters. The van der Waals surface area contributed by atoms with Gasteiger partial charge in [-0.3, -0.25) is 14.2 Å². The zero-order valence-electron chi connectivity index (χ0n) is 12.2. The van der Waals surface area contributed by atoms with Crippen LogP contribution in [0, 0.1) is 5.92 Å². The van der Waals surface area contributed by atoms with Crippen molar-refractivity contribution in [3.63, 3.8) is 0 Å². The number of benzene rings is 1. The fraction of sp³-hybridized carbons (Fsp3) is 0.429. The van der Waals surface area contributed by atoms with Crippen LogP contribution in [0.2, 0.25) is 0 Å². The Kier molecular flexibility index (Phi) is 7.24. The van der Waals surface area contributed by atoms with Gasteiger partial charge in [0.15, 0.2) is 0 Å². The monoisotopic (exact) mass is 330 g/mol. The predicted molar refractivity (Wildman–Crippen MR) is 77.9 cm³/mol. The number of methoxy groups -OCH3 is 1. The summed E-state index contributed by atoms with van der Waals surface area (Å²) in [5, 5.41) is 0. The van der Waals surface area contributed by atoms with E-state index in [0.717, 1.165) is 12.7 Å². The summed E-state index contributed by atoms with van der Waals surface area (Å²) in [4.78, 5) is 41.0. The van der Waals surface area contributed by atoms with E-state index in [0.29, 0.717) is 0 Å². The van der Waals surface area contributed by atoms with Crippen molar-refractivity contribution in [2.24, 2.45) is 5.92 Å². The molecule has 2 N–H and O–H groups in total. The van der Waals surface area contributed by atoms with Crippen LogP contribution < -0.4 is 0 Å². The van der Waals surface area contributed by atoms with Gasteiger partial charge in [0.25, 0.3) is 0 Å². The van der Waals surface area contributed by atoms with Gasteiger partial charge in [0.05, 0.1) is 19.2 Å². The summed E-state index contributed by atoms with van der Waals surface area (Å²) >= 11 is 0. The lowest BCUT2D eigenvalue weighted by atomic mass is 10.1. The van der Waals surface area contributed by atoms with E-state index in [2.05, 4.69) is 4.74 Å². The maximum absolute atomic E-state index is 11.6. The van der Waals surface area contributed by atoms with Gasteiger partial charge in [-0.1, -0.05) is 30.3 Å². The van der Waals surface area contributed by atoms with Crippen LogP contribution in [0.5, 0.6) is 0 Å². The topological polar surface area (TPSA) is 110 Å². The Labute approximate surface area is 128 Å². The molecule has 0 aliphatic carbocycles. The molecule has 0 aliphatic rings. The van der Waals surface area contributed by atoms with Gasteiger partial charge in [-0.25, -0.2) is 0 Å². The van der Waals surface area contributed by atoms with Crippen LogP contribution in [0.4, 0.5) is 0 Å². The first-order valence-electron chi connectivity index (χ1n) is 6.64. The first-order valence-corrected chi connectivity index (χ1v) is 8.43. The van der Waals surface area contributed by atoms with E-state index in [-0.39, 0.29) is 19.4 Å². The molecule has 0 radical (unpaired) electrons. The van der Waals surface area contributed by atoms with Crippen LogP contribution in [0.1, 0.15) is 18.4 Å². The third kappa shape index (κ3) is 7.36. The Bertz CT molecular complexity index is 537. The van der Waals surface area contributed by atoms with Gasteiger partial charge in [0.1, 0.15) is 6.61 Å². The van der Waals surface area contributed by atoms with Crippen molar-refractivity contribution in [2.45, 2.75) is 19.4 Å². The molecule has 22 heavy (non-hydrogen) atoms. The molecular weight excluding hydrogens is 311 g/mol. The van der Waals surface area contributed by atoms with Crippen LogP contribution in [-0.2, 0) is 30.2 Å². The Balaban J connectivity index is 2.45. The van der Waals surface area contributed by atoms with Crippen LogP contribution >= 0.6 is 7.60 Å². The molecule has 0 spiro atoms. The van der Waals surface area contributed by atoms with E-state index in [1.165, 1.54) is 0 Å². The van der Waals surface area contributed by atoms with Crippen molar-refractivity contribution in [1.29, 1.82) is 0 Å². The molecule has 8 heteroatoms. The maximum Gasteiger partial charge on any atom is 0.326 e. The normalized spacial score (nSPS) is 12.5. The highest BCUT2D eigenvalue weighted by molar-refractivity contribution is 7.51. The number of hydrogen-bond donors (Lipinski definition) is 2. The minimum Gasteiger partial charge on any atom is -0.469 e. The molecular formula is C14H19O7P. The van der Waals surface area contributed by atoms with Crippen LogP contribution in [0.25, 0.3) is 0 Å².